The Morgan fingerprint density at radius 1 is 1.26 bits per heavy atom. The van der Waals surface area contributed by atoms with Crippen LogP contribution < -0.4 is 5.32 Å². The molecule has 1 heterocycles. The van der Waals surface area contributed by atoms with Gasteiger partial charge in [0.1, 0.15) is 11.6 Å². The van der Waals surface area contributed by atoms with Crippen LogP contribution in [0.1, 0.15) is 53.4 Å². The largest absolute Gasteiger partial charge is 0.340 e. The molecule has 1 N–H and O–H groups in total. The summed E-state index contributed by atoms with van der Waals surface area (Å²) < 4.78 is 0. The fourth-order valence-electron chi connectivity index (χ4n) is 3.18. The van der Waals surface area contributed by atoms with Crippen LogP contribution in [0.25, 0.3) is 0 Å². The van der Waals surface area contributed by atoms with Gasteiger partial charge in [0.2, 0.25) is 11.8 Å². The second-order valence-corrected chi connectivity index (χ2v) is 6.13. The number of nitrogens with zero attached hydrogens (tertiary/aromatic N) is 1. The Balaban J connectivity index is 2.23. The zero-order chi connectivity index (χ0) is 14.2. The third kappa shape index (κ3) is 2.37. The van der Waals surface area contributed by atoms with Gasteiger partial charge in [0.05, 0.1) is 0 Å². The van der Waals surface area contributed by atoms with E-state index >= 15 is 0 Å². The fraction of sp³-hybridized carbons (Fsp3) is 0.867. The first-order chi connectivity index (χ1) is 8.99. The Hall–Kier alpha value is -1.06. The SMILES string of the molecule is CCC1C(=O)NC(CC)(CC)C(=O)N1CC1CC1C. The van der Waals surface area contributed by atoms with Crippen molar-refractivity contribution in [2.45, 2.75) is 65.0 Å². The summed E-state index contributed by atoms with van der Waals surface area (Å²) >= 11 is 0. The first kappa shape index (κ1) is 14.4. The van der Waals surface area contributed by atoms with E-state index < -0.39 is 5.54 Å². The second-order valence-electron chi connectivity index (χ2n) is 6.13. The highest BCUT2D eigenvalue weighted by atomic mass is 16.2. The molecule has 0 spiro atoms. The van der Waals surface area contributed by atoms with Gasteiger partial charge in [0, 0.05) is 6.54 Å². The minimum atomic E-state index is -0.666. The Labute approximate surface area is 115 Å². The zero-order valence-electron chi connectivity index (χ0n) is 12.5. The van der Waals surface area contributed by atoms with E-state index in [2.05, 4.69) is 12.2 Å². The molecule has 19 heavy (non-hydrogen) atoms. The summed E-state index contributed by atoms with van der Waals surface area (Å²) in [5.41, 5.74) is -0.666. The van der Waals surface area contributed by atoms with E-state index in [1.54, 1.807) is 0 Å². The van der Waals surface area contributed by atoms with Gasteiger partial charge in [-0.25, -0.2) is 0 Å². The zero-order valence-corrected chi connectivity index (χ0v) is 12.5. The fourth-order valence-corrected chi connectivity index (χ4v) is 3.18. The molecule has 1 aliphatic carbocycles. The quantitative estimate of drug-likeness (QED) is 0.826. The number of amides is 2. The average Bonchev–Trinajstić information content (AvgIpc) is 3.09. The number of rotatable bonds is 5. The molecule has 108 valence electrons. The lowest BCUT2D eigenvalue weighted by Crippen LogP contribution is -2.70. The van der Waals surface area contributed by atoms with Crippen LogP contribution in [-0.2, 0) is 9.59 Å². The number of carbonyl (C=O) groups is 2. The molecule has 1 saturated heterocycles. The average molecular weight is 266 g/mol. The van der Waals surface area contributed by atoms with E-state index in [9.17, 15) is 9.59 Å². The van der Waals surface area contributed by atoms with Crippen LogP contribution in [0.3, 0.4) is 0 Å². The van der Waals surface area contributed by atoms with Gasteiger partial charge in [0.25, 0.3) is 0 Å². The van der Waals surface area contributed by atoms with Crippen LogP contribution in [0.2, 0.25) is 0 Å². The summed E-state index contributed by atoms with van der Waals surface area (Å²) in [5.74, 6) is 1.45. The molecule has 3 atom stereocenters. The molecule has 4 nitrogen and oxygen atoms in total. The van der Waals surface area contributed by atoms with Crippen LogP contribution in [0.15, 0.2) is 0 Å². The van der Waals surface area contributed by atoms with Crippen LogP contribution in [-0.4, -0.2) is 34.8 Å². The Morgan fingerprint density at radius 2 is 1.84 bits per heavy atom. The van der Waals surface area contributed by atoms with Crippen LogP contribution in [0.4, 0.5) is 0 Å². The number of hydrogen-bond donors (Lipinski definition) is 1. The summed E-state index contributed by atoms with van der Waals surface area (Å²) in [6.45, 7) is 8.91. The minimum Gasteiger partial charge on any atom is -0.340 e. The standard InChI is InChI=1S/C15H26N2O2/c1-5-12-13(18)16-15(6-2,7-3)14(19)17(12)9-11-8-10(11)4/h10-12H,5-9H2,1-4H3,(H,16,18). The lowest BCUT2D eigenvalue weighted by Gasteiger charge is -2.45. The highest BCUT2D eigenvalue weighted by Crippen LogP contribution is 2.40. The number of hydrogen-bond acceptors (Lipinski definition) is 2. The van der Waals surface area contributed by atoms with Crippen molar-refractivity contribution in [2.75, 3.05) is 6.54 Å². The predicted molar refractivity (Wildman–Crippen MR) is 74.5 cm³/mol. The molecule has 1 saturated carbocycles. The maximum atomic E-state index is 12.8. The summed E-state index contributed by atoms with van der Waals surface area (Å²) in [5, 5.41) is 2.98. The van der Waals surface area contributed by atoms with Crippen LogP contribution in [0.5, 0.6) is 0 Å². The molecule has 1 aliphatic heterocycles. The predicted octanol–water partition coefficient (Wildman–Crippen LogP) is 1.94. The van der Waals surface area contributed by atoms with Gasteiger partial charge in [-0.05, 0) is 37.5 Å². The highest BCUT2D eigenvalue weighted by Gasteiger charge is 2.50. The molecule has 0 bridgehead atoms. The van der Waals surface area contributed by atoms with Crippen LogP contribution in [0, 0.1) is 11.8 Å². The summed E-state index contributed by atoms with van der Waals surface area (Å²) in [7, 11) is 0. The van der Waals surface area contributed by atoms with E-state index in [0.717, 1.165) is 6.54 Å². The van der Waals surface area contributed by atoms with Crippen molar-refractivity contribution < 1.29 is 9.59 Å². The summed E-state index contributed by atoms with van der Waals surface area (Å²) in [6, 6.07) is -0.272. The highest BCUT2D eigenvalue weighted by molar-refractivity contribution is 5.99. The summed E-state index contributed by atoms with van der Waals surface area (Å²) in [6.07, 6.45) is 3.22. The van der Waals surface area contributed by atoms with E-state index in [-0.39, 0.29) is 17.9 Å². The van der Waals surface area contributed by atoms with E-state index in [4.69, 9.17) is 0 Å². The molecule has 4 heteroatoms. The third-order valence-electron chi connectivity index (χ3n) is 5.01. The molecule has 0 aromatic carbocycles. The van der Waals surface area contributed by atoms with Gasteiger partial charge in [-0.1, -0.05) is 27.7 Å². The van der Waals surface area contributed by atoms with Crippen molar-refractivity contribution in [1.82, 2.24) is 10.2 Å². The lowest BCUT2D eigenvalue weighted by atomic mass is 9.86. The molecular weight excluding hydrogens is 240 g/mol. The van der Waals surface area contributed by atoms with Crippen molar-refractivity contribution in [3.8, 4) is 0 Å². The molecule has 0 radical (unpaired) electrons. The Morgan fingerprint density at radius 3 is 2.26 bits per heavy atom. The molecule has 2 aliphatic rings. The number of nitrogens with one attached hydrogen (secondary N) is 1. The van der Waals surface area contributed by atoms with E-state index in [1.165, 1.54) is 6.42 Å². The normalized spacial score (nSPS) is 33.3. The van der Waals surface area contributed by atoms with Gasteiger partial charge in [-0.3, -0.25) is 9.59 Å². The molecule has 2 fully saturated rings. The van der Waals surface area contributed by atoms with E-state index in [1.807, 2.05) is 25.7 Å². The Kier molecular flexibility index (Phi) is 3.88. The number of carbonyl (C=O) groups excluding carboxylic acids is 2. The van der Waals surface area contributed by atoms with Gasteiger partial charge in [0.15, 0.2) is 0 Å². The van der Waals surface area contributed by atoms with Gasteiger partial charge in [-0.15, -0.1) is 0 Å². The van der Waals surface area contributed by atoms with Gasteiger partial charge >= 0.3 is 0 Å². The van der Waals surface area contributed by atoms with Crippen molar-refractivity contribution in [3.63, 3.8) is 0 Å². The first-order valence-corrected chi connectivity index (χ1v) is 7.62. The maximum absolute atomic E-state index is 12.8. The lowest BCUT2D eigenvalue weighted by molar-refractivity contribution is -0.156. The van der Waals surface area contributed by atoms with Gasteiger partial charge < -0.3 is 10.2 Å². The monoisotopic (exact) mass is 266 g/mol. The summed E-state index contributed by atoms with van der Waals surface area (Å²) in [4.78, 5) is 27.0. The van der Waals surface area contributed by atoms with Crippen molar-refractivity contribution in [3.05, 3.63) is 0 Å². The first-order valence-electron chi connectivity index (χ1n) is 7.62. The molecule has 2 amide bonds. The molecule has 0 aromatic heterocycles. The topological polar surface area (TPSA) is 49.4 Å². The second kappa shape index (κ2) is 5.14. The Bertz CT molecular complexity index is 376. The molecule has 0 aromatic rings. The minimum absolute atomic E-state index is 0.0269. The maximum Gasteiger partial charge on any atom is 0.248 e. The van der Waals surface area contributed by atoms with Crippen molar-refractivity contribution in [2.24, 2.45) is 11.8 Å². The molecule has 2 rings (SSSR count). The third-order valence-corrected chi connectivity index (χ3v) is 5.01. The van der Waals surface area contributed by atoms with Crippen molar-refractivity contribution >= 4 is 11.8 Å². The van der Waals surface area contributed by atoms with E-state index in [0.29, 0.717) is 31.1 Å². The molecule has 3 unspecified atom stereocenters. The molecular formula is C15H26N2O2. The van der Waals surface area contributed by atoms with Crippen molar-refractivity contribution in [1.29, 1.82) is 0 Å². The van der Waals surface area contributed by atoms with Gasteiger partial charge in [-0.2, -0.15) is 0 Å². The van der Waals surface area contributed by atoms with Crippen LogP contribution >= 0.6 is 0 Å². The smallest absolute Gasteiger partial charge is 0.248 e. The number of piperazine rings is 1.